The molecule has 1 saturated carbocycles. The molecule has 0 radical (unpaired) electrons. The number of benzene rings is 4. The van der Waals surface area contributed by atoms with Crippen LogP contribution < -0.4 is 15.1 Å². The number of phenols is 1. The van der Waals surface area contributed by atoms with Gasteiger partial charge >= 0.3 is 5.97 Å². The molecule has 52 heavy (non-hydrogen) atoms. The number of carboxylic acid groups (broad SMARTS) is 1. The van der Waals surface area contributed by atoms with Gasteiger partial charge in [0.1, 0.15) is 11.5 Å². The Morgan fingerprint density at radius 3 is 2.31 bits per heavy atom. The lowest BCUT2D eigenvalue weighted by Crippen LogP contribution is -2.53. The van der Waals surface area contributed by atoms with Crippen LogP contribution in [0.2, 0.25) is 0 Å². The van der Waals surface area contributed by atoms with Crippen LogP contribution in [-0.4, -0.2) is 51.9 Å². The maximum absolute atomic E-state index is 15.2. The fraction of sp³-hybridized carbons (Fsp3) is 0.244. The summed E-state index contributed by atoms with van der Waals surface area (Å²) in [6.07, 6.45) is 2.15. The van der Waals surface area contributed by atoms with E-state index in [2.05, 4.69) is 5.43 Å². The summed E-state index contributed by atoms with van der Waals surface area (Å²) in [6, 6.07) is 26.9. The van der Waals surface area contributed by atoms with Crippen molar-refractivity contribution in [1.82, 2.24) is 5.01 Å². The Kier molecular flexibility index (Phi) is 7.74. The first-order valence-corrected chi connectivity index (χ1v) is 17.1. The number of hydrogen-bond donors (Lipinski definition) is 3. The van der Waals surface area contributed by atoms with Crippen molar-refractivity contribution in [2.24, 2.45) is 23.7 Å². The molecule has 0 bridgehead atoms. The minimum absolute atomic E-state index is 0.0663. The number of rotatable bonds is 7. The van der Waals surface area contributed by atoms with Gasteiger partial charge in [-0.2, -0.15) is 5.01 Å². The lowest BCUT2D eigenvalue weighted by Gasteiger charge is -2.50. The third-order valence-electron chi connectivity index (χ3n) is 11.3. The fourth-order valence-corrected chi connectivity index (χ4v) is 9.02. The summed E-state index contributed by atoms with van der Waals surface area (Å²) < 4.78 is 5.39. The Bertz CT molecular complexity index is 2200. The number of amides is 4. The average molecular weight is 698 g/mol. The predicted octanol–water partition coefficient (Wildman–Crippen LogP) is 5.60. The highest BCUT2D eigenvalue weighted by Crippen LogP contribution is 2.65. The zero-order chi connectivity index (χ0) is 36.5. The zero-order valence-electron chi connectivity index (χ0n) is 28.4. The van der Waals surface area contributed by atoms with Crippen LogP contribution in [-0.2, 0) is 24.6 Å². The van der Waals surface area contributed by atoms with Crippen LogP contribution in [0.4, 0.5) is 11.4 Å². The molecular formula is C41H35N3O8. The number of fused-ring (bicyclic) bond motifs is 4. The van der Waals surface area contributed by atoms with Crippen LogP contribution in [0.3, 0.4) is 0 Å². The molecule has 0 unspecified atom stereocenters. The third kappa shape index (κ3) is 4.75. The second-order valence-electron chi connectivity index (χ2n) is 13.9. The molecule has 8 rings (SSSR count). The van der Waals surface area contributed by atoms with E-state index in [1.54, 1.807) is 36.4 Å². The molecule has 4 aromatic rings. The Labute approximate surface area is 299 Å². The molecule has 4 aliphatic rings. The highest BCUT2D eigenvalue weighted by Gasteiger charge is 2.70. The number of aromatic hydroxyl groups is 1. The number of nitrogens with one attached hydrogen (secondary N) is 1. The Morgan fingerprint density at radius 2 is 1.62 bits per heavy atom. The molecule has 3 N–H and O–H groups in total. The first-order valence-electron chi connectivity index (χ1n) is 17.1. The van der Waals surface area contributed by atoms with Crippen LogP contribution >= 0.6 is 0 Å². The van der Waals surface area contributed by atoms with E-state index in [1.807, 2.05) is 43.3 Å². The second kappa shape index (κ2) is 12.2. The van der Waals surface area contributed by atoms with Gasteiger partial charge in [-0.3, -0.25) is 29.5 Å². The number of carbonyl (C=O) groups excluding carboxylic acids is 4. The second-order valence-corrected chi connectivity index (χ2v) is 13.9. The number of carboxylic acids is 1. The lowest BCUT2D eigenvalue weighted by atomic mass is 9.49. The van der Waals surface area contributed by atoms with Gasteiger partial charge in [0, 0.05) is 17.5 Å². The van der Waals surface area contributed by atoms with Gasteiger partial charge in [-0.15, -0.1) is 0 Å². The average Bonchev–Trinajstić information content (AvgIpc) is 3.53. The van der Waals surface area contributed by atoms with E-state index in [0.717, 1.165) is 15.5 Å². The van der Waals surface area contributed by atoms with Crippen LogP contribution in [0, 0.1) is 30.6 Å². The molecule has 3 fully saturated rings. The first-order chi connectivity index (χ1) is 25.1. The number of allylic oxidation sites excluding steroid dienone is 2. The standard InChI is InChI=1S/C41H35N3O8/c1-22-11-13-25(14-12-22)42-44-37(47)32-21-31-28(17-18-30-34(31)38(48)43(36(30)46)26-10-6-7-23(19-26)39(49)50)35(29-16-15-27(52-2)20-33(29)45)41(32,40(44)51)24-8-4-3-5-9-24/h3-17,19-20,30-32,34-35,42,45H,18,21H2,1-2H3,(H,49,50)/t30-,31+,32-,34-,35+,41+/m0/s1. The van der Waals surface area contributed by atoms with Crippen molar-refractivity contribution in [3.05, 3.63) is 131 Å². The number of aromatic carboxylic acids is 1. The predicted molar refractivity (Wildman–Crippen MR) is 189 cm³/mol. The van der Waals surface area contributed by atoms with Crippen molar-refractivity contribution < 1.29 is 38.9 Å². The zero-order valence-corrected chi connectivity index (χ0v) is 28.4. The van der Waals surface area contributed by atoms with Crippen molar-refractivity contribution in [3.8, 4) is 11.5 Å². The number of hydrogen-bond acceptors (Lipinski definition) is 8. The van der Waals surface area contributed by atoms with Gasteiger partial charge in [0.15, 0.2) is 0 Å². The van der Waals surface area contributed by atoms with Gasteiger partial charge in [-0.1, -0.05) is 71.8 Å². The number of phenolic OH excluding ortho intramolecular Hbond substituents is 1. The van der Waals surface area contributed by atoms with Gasteiger partial charge in [-0.05, 0) is 67.6 Å². The number of nitrogens with zero attached hydrogens (tertiary/aromatic N) is 2. The largest absolute Gasteiger partial charge is 0.508 e. The van der Waals surface area contributed by atoms with E-state index in [-0.39, 0.29) is 29.8 Å². The van der Waals surface area contributed by atoms with E-state index in [4.69, 9.17) is 4.74 Å². The normalized spacial score (nSPS) is 26.4. The number of methoxy groups -OCH3 is 1. The molecule has 2 aliphatic carbocycles. The molecule has 4 aromatic carbocycles. The summed E-state index contributed by atoms with van der Waals surface area (Å²) in [5.41, 5.74) is 4.79. The van der Waals surface area contributed by atoms with E-state index in [9.17, 15) is 29.4 Å². The van der Waals surface area contributed by atoms with Crippen LogP contribution in [0.5, 0.6) is 11.5 Å². The number of ether oxygens (including phenoxy) is 1. The molecule has 11 heteroatoms. The molecule has 2 heterocycles. The van der Waals surface area contributed by atoms with Crippen molar-refractivity contribution in [2.75, 3.05) is 17.4 Å². The third-order valence-corrected chi connectivity index (χ3v) is 11.3. The monoisotopic (exact) mass is 697 g/mol. The summed E-state index contributed by atoms with van der Waals surface area (Å²) in [4.78, 5) is 71.4. The molecule has 11 nitrogen and oxygen atoms in total. The van der Waals surface area contributed by atoms with E-state index < -0.39 is 64.6 Å². The van der Waals surface area contributed by atoms with E-state index >= 15 is 4.79 Å². The summed E-state index contributed by atoms with van der Waals surface area (Å²) >= 11 is 0. The SMILES string of the molecule is COc1ccc([C@H]2C3=CC[C@@H]4C(=O)N(c5cccc(C(=O)O)c5)C(=O)[C@@H]4[C@@H]3C[C@H]3C(=O)N(Nc4ccc(C)cc4)C(=O)[C@@]23c2ccccc2)c(O)c1. The minimum atomic E-state index is -1.54. The summed E-state index contributed by atoms with van der Waals surface area (Å²) in [7, 11) is 1.48. The molecule has 4 amide bonds. The number of aryl methyl sites for hydroxylation is 1. The Hall–Kier alpha value is -6.23. The fourth-order valence-electron chi connectivity index (χ4n) is 9.02. The molecule has 262 valence electrons. The molecule has 2 aliphatic heterocycles. The topological polar surface area (TPSA) is 154 Å². The summed E-state index contributed by atoms with van der Waals surface area (Å²) in [6.45, 7) is 1.93. The lowest BCUT2D eigenvalue weighted by molar-refractivity contribution is -0.138. The summed E-state index contributed by atoms with van der Waals surface area (Å²) in [5, 5.41) is 22.3. The van der Waals surface area contributed by atoms with Crippen LogP contribution in [0.1, 0.15) is 45.8 Å². The van der Waals surface area contributed by atoms with Crippen molar-refractivity contribution >= 4 is 41.0 Å². The number of imide groups is 2. The highest BCUT2D eigenvalue weighted by atomic mass is 16.5. The summed E-state index contributed by atoms with van der Waals surface area (Å²) in [5.74, 6) is -7.12. The number of carbonyl (C=O) groups is 5. The van der Waals surface area contributed by atoms with E-state index in [1.165, 1.54) is 37.4 Å². The maximum atomic E-state index is 15.2. The smallest absolute Gasteiger partial charge is 0.335 e. The van der Waals surface area contributed by atoms with Crippen molar-refractivity contribution in [1.29, 1.82) is 0 Å². The number of anilines is 2. The minimum Gasteiger partial charge on any atom is -0.508 e. The Balaban J connectivity index is 1.31. The van der Waals surface area contributed by atoms with Gasteiger partial charge in [0.05, 0.1) is 47.2 Å². The van der Waals surface area contributed by atoms with Crippen molar-refractivity contribution in [2.45, 2.75) is 31.1 Å². The first kappa shape index (κ1) is 32.9. The molecule has 0 aromatic heterocycles. The van der Waals surface area contributed by atoms with Crippen LogP contribution in [0.15, 0.2) is 109 Å². The highest BCUT2D eigenvalue weighted by molar-refractivity contribution is 6.23. The van der Waals surface area contributed by atoms with Gasteiger partial charge in [0.2, 0.25) is 11.8 Å². The van der Waals surface area contributed by atoms with Gasteiger partial charge in [-0.25, -0.2) is 4.79 Å². The number of hydrazine groups is 1. The van der Waals surface area contributed by atoms with Gasteiger partial charge in [0.25, 0.3) is 11.8 Å². The molecule has 0 spiro atoms. The molecular weight excluding hydrogens is 662 g/mol. The Morgan fingerprint density at radius 1 is 0.865 bits per heavy atom. The molecule has 6 atom stereocenters. The van der Waals surface area contributed by atoms with Crippen molar-refractivity contribution in [3.63, 3.8) is 0 Å². The molecule has 2 saturated heterocycles. The quantitative estimate of drug-likeness (QED) is 0.166. The van der Waals surface area contributed by atoms with Crippen LogP contribution in [0.25, 0.3) is 0 Å². The van der Waals surface area contributed by atoms with Gasteiger partial charge < -0.3 is 14.9 Å². The maximum Gasteiger partial charge on any atom is 0.335 e. The van der Waals surface area contributed by atoms with E-state index in [0.29, 0.717) is 28.1 Å².